The predicted molar refractivity (Wildman–Crippen MR) is 86.9 cm³/mol. The lowest BCUT2D eigenvalue weighted by Crippen LogP contribution is -1.94. The van der Waals surface area contributed by atoms with E-state index >= 15 is 0 Å². The third kappa shape index (κ3) is 2.44. The van der Waals surface area contributed by atoms with Crippen molar-refractivity contribution in [1.29, 1.82) is 0 Å². The first-order chi connectivity index (χ1) is 10.5. The van der Waals surface area contributed by atoms with Gasteiger partial charge in [-0.1, -0.05) is 0 Å². The van der Waals surface area contributed by atoms with Gasteiger partial charge in [0.05, 0.1) is 11.4 Å². The Morgan fingerprint density at radius 1 is 0.818 bits per heavy atom. The predicted octanol–water partition coefficient (Wildman–Crippen LogP) is 3.78. The SMILES string of the molecule is Cc1cc(-c2cc(-c3ccc(O)c(C)c3)n(C)n2)ccc1O. The molecular weight excluding hydrogens is 276 g/mol. The van der Waals surface area contributed by atoms with Crippen molar-refractivity contribution in [1.82, 2.24) is 9.78 Å². The van der Waals surface area contributed by atoms with Crippen molar-refractivity contribution in [2.24, 2.45) is 7.05 Å². The number of phenolic OH excluding ortho intramolecular Hbond substituents is 2. The van der Waals surface area contributed by atoms with Crippen molar-refractivity contribution >= 4 is 0 Å². The van der Waals surface area contributed by atoms with Crippen molar-refractivity contribution in [2.75, 3.05) is 0 Å². The van der Waals surface area contributed by atoms with E-state index in [4.69, 9.17) is 0 Å². The lowest BCUT2D eigenvalue weighted by Gasteiger charge is -2.04. The summed E-state index contributed by atoms with van der Waals surface area (Å²) in [4.78, 5) is 0. The maximum Gasteiger partial charge on any atom is 0.118 e. The highest BCUT2D eigenvalue weighted by atomic mass is 16.3. The Morgan fingerprint density at radius 3 is 1.95 bits per heavy atom. The normalized spacial score (nSPS) is 10.9. The summed E-state index contributed by atoms with van der Waals surface area (Å²) in [6.07, 6.45) is 0. The summed E-state index contributed by atoms with van der Waals surface area (Å²) in [5, 5.41) is 23.8. The van der Waals surface area contributed by atoms with Gasteiger partial charge in [0.15, 0.2) is 0 Å². The molecule has 0 aliphatic heterocycles. The molecule has 1 aromatic heterocycles. The van der Waals surface area contributed by atoms with Crippen LogP contribution in [-0.2, 0) is 7.05 Å². The standard InChI is InChI=1S/C18H18N2O2/c1-11-8-13(4-6-17(11)21)15-10-16(20(3)19-15)14-5-7-18(22)12(2)9-14/h4-10,21-22H,1-3H3. The molecule has 0 unspecified atom stereocenters. The van der Waals surface area contributed by atoms with Gasteiger partial charge >= 0.3 is 0 Å². The molecule has 112 valence electrons. The molecule has 0 spiro atoms. The van der Waals surface area contributed by atoms with Crippen molar-refractivity contribution in [2.45, 2.75) is 13.8 Å². The van der Waals surface area contributed by atoms with E-state index in [2.05, 4.69) is 5.10 Å². The van der Waals surface area contributed by atoms with Gasteiger partial charge in [-0.25, -0.2) is 0 Å². The molecule has 4 nitrogen and oxygen atoms in total. The third-order valence-corrected chi connectivity index (χ3v) is 3.86. The Labute approximate surface area is 129 Å². The van der Waals surface area contributed by atoms with Crippen LogP contribution in [0.3, 0.4) is 0 Å². The molecular formula is C18H18N2O2. The molecule has 0 bridgehead atoms. The van der Waals surface area contributed by atoms with E-state index in [0.717, 1.165) is 33.6 Å². The summed E-state index contributed by atoms with van der Waals surface area (Å²) in [6.45, 7) is 3.74. The number of hydrogen-bond acceptors (Lipinski definition) is 3. The van der Waals surface area contributed by atoms with Gasteiger partial charge in [-0.2, -0.15) is 5.10 Å². The fourth-order valence-corrected chi connectivity index (χ4v) is 2.51. The van der Waals surface area contributed by atoms with E-state index in [0.29, 0.717) is 5.75 Å². The van der Waals surface area contributed by atoms with E-state index < -0.39 is 0 Å². The lowest BCUT2D eigenvalue weighted by atomic mass is 10.1. The summed E-state index contributed by atoms with van der Waals surface area (Å²) in [5.74, 6) is 0.578. The second-order valence-electron chi connectivity index (χ2n) is 5.54. The van der Waals surface area contributed by atoms with E-state index in [-0.39, 0.29) is 5.75 Å². The molecule has 0 fully saturated rings. The maximum atomic E-state index is 9.65. The van der Waals surface area contributed by atoms with Crippen LogP contribution in [-0.4, -0.2) is 20.0 Å². The van der Waals surface area contributed by atoms with Gasteiger partial charge in [-0.05, 0) is 67.4 Å². The van der Waals surface area contributed by atoms with E-state index in [1.54, 1.807) is 12.1 Å². The number of rotatable bonds is 2. The van der Waals surface area contributed by atoms with Crippen molar-refractivity contribution in [3.8, 4) is 34.0 Å². The highest BCUT2D eigenvalue weighted by molar-refractivity contribution is 5.70. The average molecular weight is 294 g/mol. The summed E-state index contributed by atoms with van der Waals surface area (Å²) in [5.41, 5.74) is 5.46. The summed E-state index contributed by atoms with van der Waals surface area (Å²) >= 11 is 0. The van der Waals surface area contributed by atoms with Gasteiger partial charge in [-0.3, -0.25) is 4.68 Å². The molecule has 2 N–H and O–H groups in total. The van der Waals surface area contributed by atoms with Gasteiger partial charge in [-0.15, -0.1) is 0 Å². The van der Waals surface area contributed by atoms with Gasteiger partial charge in [0.2, 0.25) is 0 Å². The van der Waals surface area contributed by atoms with E-state index in [1.165, 1.54) is 0 Å². The number of aromatic hydroxyl groups is 2. The second-order valence-corrected chi connectivity index (χ2v) is 5.54. The first-order valence-electron chi connectivity index (χ1n) is 7.10. The average Bonchev–Trinajstić information content (AvgIpc) is 2.87. The molecule has 0 saturated heterocycles. The van der Waals surface area contributed by atoms with Crippen molar-refractivity contribution in [3.05, 3.63) is 53.6 Å². The Balaban J connectivity index is 2.06. The van der Waals surface area contributed by atoms with E-state index in [1.807, 2.05) is 55.9 Å². The maximum absolute atomic E-state index is 9.65. The molecule has 4 heteroatoms. The van der Waals surface area contributed by atoms with Gasteiger partial charge in [0, 0.05) is 18.2 Å². The number of nitrogens with zero attached hydrogens (tertiary/aromatic N) is 2. The smallest absolute Gasteiger partial charge is 0.118 e. The molecule has 0 radical (unpaired) electrons. The van der Waals surface area contributed by atoms with Gasteiger partial charge in [0.25, 0.3) is 0 Å². The topological polar surface area (TPSA) is 58.3 Å². The highest BCUT2D eigenvalue weighted by Gasteiger charge is 2.11. The molecule has 22 heavy (non-hydrogen) atoms. The summed E-state index contributed by atoms with van der Waals surface area (Å²) in [7, 11) is 1.90. The van der Waals surface area contributed by atoms with Crippen molar-refractivity contribution in [3.63, 3.8) is 0 Å². The Hall–Kier alpha value is -2.75. The van der Waals surface area contributed by atoms with Crippen LogP contribution in [0.5, 0.6) is 11.5 Å². The molecule has 0 saturated carbocycles. The fourth-order valence-electron chi connectivity index (χ4n) is 2.51. The minimum atomic E-state index is 0.286. The zero-order valence-corrected chi connectivity index (χ0v) is 12.8. The first-order valence-corrected chi connectivity index (χ1v) is 7.10. The third-order valence-electron chi connectivity index (χ3n) is 3.86. The van der Waals surface area contributed by atoms with E-state index in [9.17, 15) is 10.2 Å². The second kappa shape index (κ2) is 5.22. The Bertz CT molecular complexity index is 850. The van der Waals surface area contributed by atoms with Crippen LogP contribution in [0.4, 0.5) is 0 Å². The summed E-state index contributed by atoms with van der Waals surface area (Å²) in [6, 6.07) is 13.0. The summed E-state index contributed by atoms with van der Waals surface area (Å²) < 4.78 is 1.82. The number of aromatic nitrogens is 2. The molecule has 0 amide bonds. The molecule has 1 heterocycles. The molecule has 2 aromatic carbocycles. The quantitative estimate of drug-likeness (QED) is 0.756. The van der Waals surface area contributed by atoms with Crippen LogP contribution in [0.15, 0.2) is 42.5 Å². The van der Waals surface area contributed by atoms with Crippen LogP contribution in [0.1, 0.15) is 11.1 Å². The molecule has 0 aliphatic carbocycles. The molecule has 0 atom stereocenters. The van der Waals surface area contributed by atoms with Gasteiger partial charge < -0.3 is 10.2 Å². The lowest BCUT2D eigenvalue weighted by molar-refractivity contribution is 0.470. The Kier molecular flexibility index (Phi) is 3.37. The molecule has 3 rings (SSSR count). The van der Waals surface area contributed by atoms with Gasteiger partial charge in [0.1, 0.15) is 11.5 Å². The zero-order valence-electron chi connectivity index (χ0n) is 12.8. The molecule has 0 aliphatic rings. The fraction of sp³-hybridized carbons (Fsp3) is 0.167. The number of hydrogen-bond donors (Lipinski definition) is 2. The number of phenols is 2. The van der Waals surface area contributed by atoms with Crippen LogP contribution in [0.25, 0.3) is 22.5 Å². The molecule has 3 aromatic rings. The first kappa shape index (κ1) is 14.2. The monoisotopic (exact) mass is 294 g/mol. The van der Waals surface area contributed by atoms with Crippen LogP contribution in [0, 0.1) is 13.8 Å². The number of benzene rings is 2. The largest absolute Gasteiger partial charge is 0.508 e. The minimum absolute atomic E-state index is 0.286. The zero-order chi connectivity index (χ0) is 15.9. The highest BCUT2D eigenvalue weighted by Crippen LogP contribution is 2.30. The van der Waals surface area contributed by atoms with Crippen LogP contribution >= 0.6 is 0 Å². The minimum Gasteiger partial charge on any atom is -0.508 e. The van der Waals surface area contributed by atoms with Crippen molar-refractivity contribution < 1.29 is 10.2 Å². The number of aryl methyl sites for hydroxylation is 3. The van der Waals surface area contributed by atoms with Crippen LogP contribution < -0.4 is 0 Å². The Morgan fingerprint density at radius 2 is 1.36 bits per heavy atom. The van der Waals surface area contributed by atoms with Crippen LogP contribution in [0.2, 0.25) is 0 Å².